The molecular weight excluding hydrogens is 390 g/mol. The Kier molecular flexibility index (Phi) is 7.86. The van der Waals surface area contributed by atoms with E-state index in [2.05, 4.69) is 57.1 Å². The van der Waals surface area contributed by atoms with E-state index in [1.165, 1.54) is 31.2 Å². The van der Waals surface area contributed by atoms with E-state index in [0.717, 1.165) is 10.9 Å². The van der Waals surface area contributed by atoms with Crippen LogP contribution in [-0.4, -0.2) is 40.4 Å². The molecule has 1 aromatic carbocycles. The first kappa shape index (κ1) is 23.1. The first-order chi connectivity index (χ1) is 12.7. The van der Waals surface area contributed by atoms with E-state index in [9.17, 15) is 4.79 Å². The van der Waals surface area contributed by atoms with Crippen molar-refractivity contribution in [2.24, 2.45) is 4.99 Å². The third-order valence-corrected chi connectivity index (χ3v) is 6.97. The number of benzene rings is 1. The average molecular weight is 424 g/mol. The molecule has 2 fully saturated rings. The van der Waals surface area contributed by atoms with Crippen molar-refractivity contribution in [3.8, 4) is 0 Å². The van der Waals surface area contributed by atoms with E-state index in [4.69, 9.17) is 4.99 Å². The predicted molar refractivity (Wildman–Crippen MR) is 124 cm³/mol. The van der Waals surface area contributed by atoms with Gasteiger partial charge in [-0.15, -0.1) is 12.4 Å². The molecule has 1 aliphatic carbocycles. The van der Waals surface area contributed by atoms with Crippen LogP contribution in [0.25, 0.3) is 0 Å². The number of nitrogens with zero attached hydrogens (tertiary/aromatic N) is 2. The van der Waals surface area contributed by atoms with Gasteiger partial charge in [-0.3, -0.25) is 9.79 Å². The lowest BCUT2D eigenvalue weighted by Gasteiger charge is -2.23. The summed E-state index contributed by atoms with van der Waals surface area (Å²) in [6.45, 7) is 8.79. The number of nitrogens with one attached hydrogen (secondary N) is 1. The highest BCUT2D eigenvalue weighted by atomic mass is 35.5. The van der Waals surface area contributed by atoms with Gasteiger partial charge >= 0.3 is 0 Å². The van der Waals surface area contributed by atoms with Crippen LogP contribution in [0.2, 0.25) is 0 Å². The Morgan fingerprint density at radius 3 is 2.39 bits per heavy atom. The van der Waals surface area contributed by atoms with Gasteiger partial charge in [0.2, 0.25) is 5.91 Å². The largest absolute Gasteiger partial charge is 0.350 e. The highest BCUT2D eigenvalue weighted by Crippen LogP contribution is 2.34. The van der Waals surface area contributed by atoms with Gasteiger partial charge in [-0.2, -0.15) is 0 Å². The zero-order valence-electron chi connectivity index (χ0n) is 17.7. The minimum atomic E-state index is 0. The van der Waals surface area contributed by atoms with E-state index in [1.807, 2.05) is 23.9 Å². The second-order valence-electron chi connectivity index (χ2n) is 8.93. The highest BCUT2D eigenvalue weighted by Gasteiger charge is 2.36. The minimum Gasteiger partial charge on any atom is -0.350 e. The zero-order valence-corrected chi connectivity index (χ0v) is 19.3. The van der Waals surface area contributed by atoms with Gasteiger partial charge in [0.05, 0.1) is 12.1 Å². The monoisotopic (exact) mass is 423 g/mol. The van der Waals surface area contributed by atoms with Crippen molar-refractivity contribution in [2.75, 3.05) is 12.4 Å². The fourth-order valence-corrected chi connectivity index (χ4v) is 5.13. The maximum absolute atomic E-state index is 12.6. The molecule has 156 valence electrons. The lowest BCUT2D eigenvalue weighted by Crippen LogP contribution is -2.36. The highest BCUT2D eigenvalue weighted by molar-refractivity contribution is 8.14. The number of aliphatic imine (C=N–C) groups is 1. The number of carbonyl (C=O) groups is 1. The molecule has 2 atom stereocenters. The summed E-state index contributed by atoms with van der Waals surface area (Å²) in [7, 11) is 2.08. The van der Waals surface area contributed by atoms with Crippen molar-refractivity contribution in [1.29, 1.82) is 0 Å². The van der Waals surface area contributed by atoms with Gasteiger partial charge in [-0.25, -0.2) is 0 Å². The van der Waals surface area contributed by atoms with Crippen molar-refractivity contribution in [3.05, 3.63) is 29.8 Å². The Balaban J connectivity index is 0.00000280. The fraction of sp³-hybridized carbons (Fsp3) is 0.636. The first-order valence-corrected chi connectivity index (χ1v) is 11.0. The molecule has 2 unspecified atom stereocenters. The second kappa shape index (κ2) is 9.53. The molecule has 1 amide bonds. The van der Waals surface area contributed by atoms with Crippen LogP contribution in [0.1, 0.15) is 65.4 Å². The maximum Gasteiger partial charge on any atom is 0.226 e. The molecule has 28 heavy (non-hydrogen) atoms. The molecule has 3 rings (SSSR count). The lowest BCUT2D eigenvalue weighted by molar-refractivity contribution is -0.117. The fourth-order valence-electron chi connectivity index (χ4n) is 3.85. The molecule has 1 N–H and O–H groups in total. The summed E-state index contributed by atoms with van der Waals surface area (Å²) in [6, 6.07) is 8.88. The summed E-state index contributed by atoms with van der Waals surface area (Å²) >= 11 is 1.82. The number of hydrogen-bond donors (Lipinski definition) is 1. The normalized spacial score (nSPS) is 24.5. The van der Waals surface area contributed by atoms with Crippen molar-refractivity contribution in [2.45, 2.75) is 82.5 Å². The molecule has 1 saturated carbocycles. The van der Waals surface area contributed by atoms with Gasteiger partial charge in [0.15, 0.2) is 5.17 Å². The summed E-state index contributed by atoms with van der Waals surface area (Å²) in [5.41, 5.74) is 2.26. The van der Waals surface area contributed by atoms with Gasteiger partial charge in [0.25, 0.3) is 0 Å². The van der Waals surface area contributed by atoms with Gasteiger partial charge in [0.1, 0.15) is 0 Å². The summed E-state index contributed by atoms with van der Waals surface area (Å²) in [6.07, 6.45) is 5.51. The van der Waals surface area contributed by atoms with Crippen LogP contribution in [0.3, 0.4) is 0 Å². The van der Waals surface area contributed by atoms with Crippen LogP contribution in [0, 0.1) is 0 Å². The van der Waals surface area contributed by atoms with Crippen molar-refractivity contribution in [3.63, 3.8) is 0 Å². The topological polar surface area (TPSA) is 44.7 Å². The molecule has 0 spiro atoms. The molecule has 4 nitrogen and oxygen atoms in total. The quantitative estimate of drug-likeness (QED) is 0.698. The number of carbonyl (C=O) groups excluding carboxylic acids is 1. The van der Waals surface area contributed by atoms with Crippen LogP contribution in [-0.2, 0) is 10.2 Å². The second-order valence-corrected chi connectivity index (χ2v) is 10.3. The maximum atomic E-state index is 12.6. The summed E-state index contributed by atoms with van der Waals surface area (Å²) < 4.78 is 0. The van der Waals surface area contributed by atoms with Gasteiger partial charge in [-0.05, 0) is 36.0 Å². The number of amides is 1. The SMILES string of the molecule is CC1S/C(=N\C2CCCC2)N(C)C1CC(=O)Nc1ccc(C(C)(C)C)cc1.Cl. The van der Waals surface area contributed by atoms with Crippen molar-refractivity contribution in [1.82, 2.24) is 4.90 Å². The Labute approximate surface area is 180 Å². The number of thioether (sulfide) groups is 1. The van der Waals surface area contributed by atoms with E-state index in [1.54, 1.807) is 0 Å². The molecule has 2 aliphatic rings. The molecule has 0 radical (unpaired) electrons. The van der Waals surface area contributed by atoms with E-state index in [-0.39, 0.29) is 29.8 Å². The molecule has 1 aromatic rings. The van der Waals surface area contributed by atoms with Crippen molar-refractivity contribution < 1.29 is 4.79 Å². The predicted octanol–water partition coefficient (Wildman–Crippen LogP) is 5.47. The molecule has 6 heteroatoms. The Bertz CT molecular complexity index is 693. The smallest absolute Gasteiger partial charge is 0.226 e. The molecule has 1 heterocycles. The van der Waals surface area contributed by atoms with Crippen molar-refractivity contribution >= 4 is 40.9 Å². The number of rotatable bonds is 4. The summed E-state index contributed by atoms with van der Waals surface area (Å²) in [4.78, 5) is 19.8. The zero-order chi connectivity index (χ0) is 19.6. The number of anilines is 1. The molecular formula is C22H34ClN3OS. The van der Waals surface area contributed by atoms with Crippen LogP contribution >= 0.6 is 24.2 Å². The van der Waals surface area contributed by atoms with Crippen LogP contribution in [0.5, 0.6) is 0 Å². The lowest BCUT2D eigenvalue weighted by atomic mass is 9.87. The van der Waals surface area contributed by atoms with Gasteiger partial charge in [0, 0.05) is 24.4 Å². The molecule has 0 aromatic heterocycles. The minimum absolute atomic E-state index is 0. The third kappa shape index (κ3) is 5.66. The summed E-state index contributed by atoms with van der Waals surface area (Å²) in [5, 5.41) is 4.55. The molecule has 0 bridgehead atoms. The molecule has 1 aliphatic heterocycles. The number of amidine groups is 1. The first-order valence-electron chi connectivity index (χ1n) is 10.1. The van der Waals surface area contributed by atoms with E-state index < -0.39 is 0 Å². The Morgan fingerprint density at radius 1 is 1.21 bits per heavy atom. The van der Waals surface area contributed by atoms with Gasteiger partial charge in [-0.1, -0.05) is 64.4 Å². The Morgan fingerprint density at radius 2 is 1.82 bits per heavy atom. The average Bonchev–Trinajstić information content (AvgIpc) is 3.19. The Hall–Kier alpha value is -1.20. The molecule has 1 saturated heterocycles. The standard InChI is InChI=1S/C22H33N3OS.ClH/c1-15-19(25(5)21(27-15)24-17-8-6-7-9-17)14-20(26)23-18-12-10-16(11-13-18)22(2,3)4;/h10-13,15,17,19H,6-9,14H2,1-5H3,(H,23,26);1H/b24-21-;. The van der Waals surface area contributed by atoms with E-state index >= 15 is 0 Å². The van der Waals surface area contributed by atoms with Crippen LogP contribution in [0.15, 0.2) is 29.3 Å². The number of halogens is 1. The third-order valence-electron chi connectivity index (χ3n) is 5.68. The van der Waals surface area contributed by atoms with Gasteiger partial charge < -0.3 is 10.2 Å². The number of hydrogen-bond acceptors (Lipinski definition) is 3. The summed E-state index contributed by atoms with van der Waals surface area (Å²) in [5.74, 6) is 0.0740. The van der Waals surface area contributed by atoms with E-state index in [0.29, 0.717) is 17.7 Å². The van der Waals surface area contributed by atoms with Crippen LogP contribution < -0.4 is 5.32 Å². The van der Waals surface area contributed by atoms with Crippen LogP contribution in [0.4, 0.5) is 5.69 Å².